The molecule has 1 fully saturated rings. The molecule has 1 unspecified atom stereocenters. The fourth-order valence-electron chi connectivity index (χ4n) is 2.66. The van der Waals surface area contributed by atoms with Crippen LogP contribution in [-0.2, 0) is 4.79 Å². The predicted octanol–water partition coefficient (Wildman–Crippen LogP) is 1.67. The summed E-state index contributed by atoms with van der Waals surface area (Å²) in [6, 6.07) is 8.25. The molecule has 2 aromatic rings. The van der Waals surface area contributed by atoms with Gasteiger partial charge in [0.25, 0.3) is 0 Å². The summed E-state index contributed by atoms with van der Waals surface area (Å²) in [4.78, 5) is 21.3. The van der Waals surface area contributed by atoms with Gasteiger partial charge in [-0.25, -0.2) is 4.98 Å². The molecule has 1 atom stereocenters. The van der Waals surface area contributed by atoms with Crippen LogP contribution < -0.4 is 10.2 Å². The molecule has 1 aliphatic heterocycles. The number of aromatic amines is 1. The van der Waals surface area contributed by atoms with Crippen LogP contribution >= 0.6 is 0 Å². The number of piperidine rings is 1. The fraction of sp³-hybridized carbons (Fsp3) is 0.429. The quantitative estimate of drug-likeness (QED) is 0.861. The maximum Gasteiger partial charge on any atom is 0.217 e. The van der Waals surface area contributed by atoms with Gasteiger partial charge in [0.1, 0.15) is 0 Å². The van der Waals surface area contributed by atoms with Crippen molar-refractivity contribution < 1.29 is 4.79 Å². The molecule has 1 aromatic carbocycles. The van der Waals surface area contributed by atoms with Crippen LogP contribution in [-0.4, -0.2) is 35.0 Å². The molecule has 5 nitrogen and oxygen atoms in total. The monoisotopic (exact) mass is 258 g/mol. The molecule has 2 N–H and O–H groups in total. The van der Waals surface area contributed by atoms with Crippen molar-refractivity contribution in [2.24, 2.45) is 0 Å². The van der Waals surface area contributed by atoms with Gasteiger partial charge in [0, 0.05) is 26.1 Å². The van der Waals surface area contributed by atoms with E-state index in [0.29, 0.717) is 0 Å². The largest absolute Gasteiger partial charge is 0.352 e. The number of hydrogen-bond donors (Lipinski definition) is 2. The maximum atomic E-state index is 11.1. The molecule has 1 aromatic heterocycles. The van der Waals surface area contributed by atoms with E-state index < -0.39 is 0 Å². The number of benzene rings is 1. The zero-order valence-corrected chi connectivity index (χ0v) is 11.0. The number of anilines is 1. The lowest BCUT2D eigenvalue weighted by molar-refractivity contribution is -0.119. The van der Waals surface area contributed by atoms with Crippen molar-refractivity contribution in [1.82, 2.24) is 15.3 Å². The van der Waals surface area contributed by atoms with Crippen LogP contribution in [0.3, 0.4) is 0 Å². The Hall–Kier alpha value is -2.04. The lowest BCUT2D eigenvalue weighted by atomic mass is 10.1. The lowest BCUT2D eigenvalue weighted by Gasteiger charge is -2.32. The van der Waals surface area contributed by atoms with Crippen molar-refractivity contribution >= 4 is 22.9 Å². The van der Waals surface area contributed by atoms with Gasteiger partial charge in [-0.15, -0.1) is 0 Å². The SMILES string of the molecule is CC(=O)NC1CCCN(c2nc3ccccc3[nH]2)C1. The zero-order valence-electron chi connectivity index (χ0n) is 11.0. The van der Waals surface area contributed by atoms with Gasteiger partial charge in [-0.3, -0.25) is 4.79 Å². The fourth-order valence-corrected chi connectivity index (χ4v) is 2.66. The first kappa shape index (κ1) is 12.0. The van der Waals surface area contributed by atoms with Crippen LogP contribution in [0.5, 0.6) is 0 Å². The summed E-state index contributed by atoms with van der Waals surface area (Å²) in [6.07, 6.45) is 2.11. The highest BCUT2D eigenvalue weighted by Crippen LogP contribution is 2.20. The molecule has 2 heterocycles. The van der Waals surface area contributed by atoms with Gasteiger partial charge in [-0.2, -0.15) is 0 Å². The number of rotatable bonds is 2. The first-order valence-corrected chi connectivity index (χ1v) is 6.69. The topological polar surface area (TPSA) is 61.0 Å². The number of H-pyrrole nitrogens is 1. The van der Waals surface area contributed by atoms with Crippen molar-refractivity contribution in [3.63, 3.8) is 0 Å². The van der Waals surface area contributed by atoms with Crippen LogP contribution in [0.2, 0.25) is 0 Å². The lowest BCUT2D eigenvalue weighted by Crippen LogP contribution is -2.47. The predicted molar refractivity (Wildman–Crippen MR) is 75.1 cm³/mol. The summed E-state index contributed by atoms with van der Waals surface area (Å²) in [7, 11) is 0. The van der Waals surface area contributed by atoms with Crippen molar-refractivity contribution in [3.05, 3.63) is 24.3 Å². The van der Waals surface area contributed by atoms with Gasteiger partial charge in [0.15, 0.2) is 0 Å². The second-order valence-electron chi connectivity index (χ2n) is 5.06. The van der Waals surface area contributed by atoms with Gasteiger partial charge in [-0.1, -0.05) is 12.1 Å². The number of aromatic nitrogens is 2. The zero-order chi connectivity index (χ0) is 13.2. The highest BCUT2D eigenvalue weighted by molar-refractivity contribution is 5.77. The molecule has 1 aliphatic rings. The Balaban J connectivity index is 1.79. The molecule has 3 rings (SSSR count). The number of nitrogens with one attached hydrogen (secondary N) is 2. The number of hydrogen-bond acceptors (Lipinski definition) is 3. The molecule has 0 bridgehead atoms. The van der Waals surface area contributed by atoms with Crippen molar-refractivity contribution in [1.29, 1.82) is 0 Å². The Morgan fingerprint density at radius 2 is 2.32 bits per heavy atom. The van der Waals surface area contributed by atoms with Gasteiger partial charge in [0.05, 0.1) is 11.0 Å². The summed E-state index contributed by atoms with van der Waals surface area (Å²) in [5.74, 6) is 0.938. The average Bonchev–Trinajstić information content (AvgIpc) is 2.82. The van der Waals surface area contributed by atoms with Crippen molar-refractivity contribution in [2.75, 3.05) is 18.0 Å². The highest BCUT2D eigenvalue weighted by atomic mass is 16.1. The molecule has 100 valence electrons. The standard InChI is InChI=1S/C14H18N4O/c1-10(19)15-11-5-4-8-18(9-11)14-16-12-6-2-3-7-13(12)17-14/h2-3,6-7,11H,4-5,8-9H2,1H3,(H,15,19)(H,16,17). The Kier molecular flexibility index (Phi) is 3.11. The Labute approximate surface area is 112 Å². The van der Waals surface area contributed by atoms with Crippen LogP contribution in [0.4, 0.5) is 5.95 Å². The van der Waals surface area contributed by atoms with E-state index in [1.54, 1.807) is 6.92 Å². The number of amides is 1. The van der Waals surface area contributed by atoms with E-state index in [1.165, 1.54) is 0 Å². The summed E-state index contributed by atoms with van der Waals surface area (Å²) in [5.41, 5.74) is 2.04. The molecule has 0 spiro atoms. The molecule has 0 saturated carbocycles. The van der Waals surface area contributed by atoms with Crippen LogP contribution in [0, 0.1) is 0 Å². The summed E-state index contributed by atoms with van der Waals surface area (Å²) in [6.45, 7) is 3.37. The summed E-state index contributed by atoms with van der Waals surface area (Å²) < 4.78 is 0. The third-order valence-corrected chi connectivity index (χ3v) is 3.51. The van der Waals surface area contributed by atoms with Gasteiger partial charge in [0.2, 0.25) is 11.9 Å². The normalized spacial score (nSPS) is 19.6. The summed E-state index contributed by atoms with van der Waals surface area (Å²) in [5, 5.41) is 2.99. The number of nitrogens with zero attached hydrogens (tertiary/aromatic N) is 2. The van der Waals surface area contributed by atoms with Gasteiger partial charge >= 0.3 is 0 Å². The maximum absolute atomic E-state index is 11.1. The molecular weight excluding hydrogens is 240 g/mol. The van der Waals surface area contributed by atoms with Crippen LogP contribution in [0.25, 0.3) is 11.0 Å². The molecule has 0 aliphatic carbocycles. The Morgan fingerprint density at radius 3 is 3.11 bits per heavy atom. The minimum absolute atomic E-state index is 0.0384. The second kappa shape index (κ2) is 4.91. The Morgan fingerprint density at radius 1 is 1.47 bits per heavy atom. The highest BCUT2D eigenvalue weighted by Gasteiger charge is 2.22. The van der Waals surface area contributed by atoms with E-state index in [2.05, 4.69) is 20.2 Å². The third-order valence-electron chi connectivity index (χ3n) is 3.51. The molecular formula is C14H18N4O. The van der Waals surface area contributed by atoms with E-state index in [-0.39, 0.29) is 11.9 Å². The van der Waals surface area contributed by atoms with Crippen LogP contribution in [0.15, 0.2) is 24.3 Å². The number of fused-ring (bicyclic) bond motifs is 1. The van der Waals surface area contributed by atoms with Gasteiger partial charge in [-0.05, 0) is 25.0 Å². The first-order valence-electron chi connectivity index (χ1n) is 6.69. The third kappa shape index (κ3) is 2.54. The second-order valence-corrected chi connectivity index (χ2v) is 5.06. The number of imidazole rings is 1. The molecule has 1 saturated heterocycles. The van der Waals surface area contributed by atoms with Gasteiger partial charge < -0.3 is 15.2 Å². The van der Waals surface area contributed by atoms with Crippen molar-refractivity contribution in [2.45, 2.75) is 25.8 Å². The summed E-state index contributed by atoms with van der Waals surface area (Å²) >= 11 is 0. The van der Waals surface area contributed by atoms with E-state index in [0.717, 1.165) is 42.9 Å². The molecule has 1 amide bonds. The average molecular weight is 258 g/mol. The van der Waals surface area contributed by atoms with E-state index in [1.807, 2.05) is 24.3 Å². The van der Waals surface area contributed by atoms with E-state index in [4.69, 9.17) is 0 Å². The molecule has 0 radical (unpaired) electrons. The number of carbonyl (C=O) groups excluding carboxylic acids is 1. The number of para-hydroxylation sites is 2. The smallest absolute Gasteiger partial charge is 0.217 e. The first-order chi connectivity index (χ1) is 9.22. The minimum atomic E-state index is 0.0384. The molecule has 19 heavy (non-hydrogen) atoms. The molecule has 5 heteroatoms. The minimum Gasteiger partial charge on any atom is -0.352 e. The van der Waals surface area contributed by atoms with Crippen molar-refractivity contribution in [3.8, 4) is 0 Å². The van der Waals surface area contributed by atoms with E-state index >= 15 is 0 Å². The van der Waals surface area contributed by atoms with E-state index in [9.17, 15) is 4.79 Å². The van der Waals surface area contributed by atoms with Crippen LogP contribution in [0.1, 0.15) is 19.8 Å². The number of carbonyl (C=O) groups is 1. The Bertz CT molecular complexity index is 559.